The second-order valence-electron chi connectivity index (χ2n) is 2.77. The Bertz CT molecular complexity index is 382. The highest BCUT2D eigenvalue weighted by Gasteiger charge is 2.06. The van der Waals surface area contributed by atoms with Crippen molar-refractivity contribution < 1.29 is 9.90 Å². The van der Waals surface area contributed by atoms with Crippen LogP contribution in [0.1, 0.15) is 10.4 Å². The lowest BCUT2D eigenvalue weighted by atomic mass is 10.2. The van der Waals surface area contributed by atoms with E-state index in [4.69, 9.17) is 11.5 Å². The second kappa shape index (κ2) is 4.28. The van der Waals surface area contributed by atoms with Crippen molar-refractivity contribution in [1.82, 2.24) is 4.98 Å². The molecule has 1 aromatic rings. The fourth-order valence-corrected chi connectivity index (χ4v) is 0.978. The van der Waals surface area contributed by atoms with E-state index in [1.54, 1.807) is 11.9 Å². The Hall–Kier alpha value is -2.02. The van der Waals surface area contributed by atoms with Gasteiger partial charge in [-0.3, -0.25) is 0 Å². The van der Waals surface area contributed by atoms with Crippen LogP contribution in [-0.2, 0) is 0 Å². The molecule has 0 aromatic carbocycles. The van der Waals surface area contributed by atoms with Crippen molar-refractivity contribution in [3.05, 3.63) is 23.9 Å². The van der Waals surface area contributed by atoms with Crippen LogP contribution in [0.3, 0.4) is 0 Å². The van der Waals surface area contributed by atoms with E-state index in [0.717, 1.165) is 0 Å². The molecule has 0 radical (unpaired) electrons. The molecule has 0 saturated carbocycles. The summed E-state index contributed by atoms with van der Waals surface area (Å²) < 4.78 is 0. The third-order valence-electron chi connectivity index (χ3n) is 1.71. The standard InChI is InChI=1S/C10H10N2O2/c1-3-6-12(2)9-7-8(10(13)14)4-5-11-9/h1,4-5,7H,6H2,2H3,(H,13,14). The van der Waals surface area contributed by atoms with Crippen molar-refractivity contribution in [1.29, 1.82) is 0 Å². The number of hydrogen-bond acceptors (Lipinski definition) is 3. The zero-order chi connectivity index (χ0) is 10.6. The number of anilines is 1. The molecule has 1 rings (SSSR count). The molecule has 4 heteroatoms. The van der Waals surface area contributed by atoms with Gasteiger partial charge in [0.15, 0.2) is 0 Å². The maximum atomic E-state index is 10.6. The predicted octanol–water partition coefficient (Wildman–Crippen LogP) is 0.849. The van der Waals surface area contributed by atoms with Crippen LogP contribution in [0, 0.1) is 12.3 Å². The summed E-state index contributed by atoms with van der Waals surface area (Å²) in [6.45, 7) is 0.399. The first-order valence-electron chi connectivity index (χ1n) is 3.99. The average molecular weight is 190 g/mol. The smallest absolute Gasteiger partial charge is 0.335 e. The first-order valence-corrected chi connectivity index (χ1v) is 3.99. The molecule has 0 atom stereocenters. The molecular weight excluding hydrogens is 180 g/mol. The first kappa shape index (κ1) is 10.1. The van der Waals surface area contributed by atoms with Crippen LogP contribution in [0.25, 0.3) is 0 Å². The quantitative estimate of drug-likeness (QED) is 0.718. The van der Waals surface area contributed by atoms with Gasteiger partial charge >= 0.3 is 5.97 Å². The monoisotopic (exact) mass is 190 g/mol. The highest BCUT2D eigenvalue weighted by Crippen LogP contribution is 2.10. The number of carbonyl (C=O) groups is 1. The Kier molecular flexibility index (Phi) is 3.08. The average Bonchev–Trinajstić information content (AvgIpc) is 2.18. The summed E-state index contributed by atoms with van der Waals surface area (Å²) in [6, 6.07) is 2.93. The maximum Gasteiger partial charge on any atom is 0.335 e. The van der Waals surface area contributed by atoms with E-state index in [1.165, 1.54) is 18.3 Å². The van der Waals surface area contributed by atoms with E-state index in [0.29, 0.717) is 12.4 Å². The van der Waals surface area contributed by atoms with Gasteiger partial charge in [0, 0.05) is 13.2 Å². The third kappa shape index (κ3) is 2.23. The van der Waals surface area contributed by atoms with Crippen LogP contribution in [-0.4, -0.2) is 29.7 Å². The zero-order valence-electron chi connectivity index (χ0n) is 7.77. The molecule has 0 fully saturated rings. The van der Waals surface area contributed by atoms with Crippen molar-refractivity contribution in [2.75, 3.05) is 18.5 Å². The van der Waals surface area contributed by atoms with Crippen molar-refractivity contribution in [3.8, 4) is 12.3 Å². The molecule has 72 valence electrons. The van der Waals surface area contributed by atoms with Crippen LogP contribution >= 0.6 is 0 Å². The van der Waals surface area contributed by atoms with E-state index < -0.39 is 5.97 Å². The third-order valence-corrected chi connectivity index (χ3v) is 1.71. The largest absolute Gasteiger partial charge is 0.478 e. The number of carboxylic acid groups (broad SMARTS) is 1. The molecule has 0 amide bonds. The summed E-state index contributed by atoms with van der Waals surface area (Å²) in [6.07, 6.45) is 6.58. The van der Waals surface area contributed by atoms with E-state index >= 15 is 0 Å². The summed E-state index contributed by atoms with van der Waals surface area (Å²) >= 11 is 0. The first-order chi connectivity index (χ1) is 6.65. The van der Waals surface area contributed by atoms with Gasteiger partial charge in [0.05, 0.1) is 12.1 Å². The SMILES string of the molecule is C#CCN(C)c1cc(C(=O)O)ccn1. The lowest BCUT2D eigenvalue weighted by molar-refractivity contribution is 0.0697. The molecule has 4 nitrogen and oxygen atoms in total. The summed E-state index contributed by atoms with van der Waals surface area (Å²) in [5.74, 6) is 2.04. The fourth-order valence-electron chi connectivity index (χ4n) is 0.978. The normalized spacial score (nSPS) is 9.14. The molecule has 14 heavy (non-hydrogen) atoms. The van der Waals surface area contributed by atoms with Crippen LogP contribution in [0.15, 0.2) is 18.3 Å². The van der Waals surface area contributed by atoms with Gasteiger partial charge in [-0.25, -0.2) is 9.78 Å². The Morgan fingerprint density at radius 1 is 1.79 bits per heavy atom. The number of terminal acetylenes is 1. The van der Waals surface area contributed by atoms with E-state index in [-0.39, 0.29) is 5.56 Å². The van der Waals surface area contributed by atoms with Gasteiger partial charge in [0.2, 0.25) is 0 Å². The number of aromatic nitrogens is 1. The topological polar surface area (TPSA) is 53.4 Å². The Labute approximate surface area is 82.2 Å². The molecule has 0 unspecified atom stereocenters. The van der Waals surface area contributed by atoms with E-state index in [1.807, 2.05) is 0 Å². The molecular formula is C10H10N2O2. The van der Waals surface area contributed by atoms with Crippen molar-refractivity contribution in [2.45, 2.75) is 0 Å². The molecule has 0 aliphatic carbocycles. The molecule has 0 saturated heterocycles. The van der Waals surface area contributed by atoms with Gasteiger partial charge < -0.3 is 10.0 Å². The van der Waals surface area contributed by atoms with Gasteiger partial charge in [0.25, 0.3) is 0 Å². The van der Waals surface area contributed by atoms with Gasteiger partial charge in [-0.1, -0.05) is 5.92 Å². The molecule has 0 spiro atoms. The second-order valence-corrected chi connectivity index (χ2v) is 2.77. The highest BCUT2D eigenvalue weighted by atomic mass is 16.4. The summed E-state index contributed by atoms with van der Waals surface area (Å²) in [5.41, 5.74) is 0.207. The van der Waals surface area contributed by atoms with Crippen molar-refractivity contribution >= 4 is 11.8 Å². The highest BCUT2D eigenvalue weighted by molar-refractivity contribution is 5.88. The van der Waals surface area contributed by atoms with Crippen LogP contribution < -0.4 is 4.90 Å². The van der Waals surface area contributed by atoms with Crippen LogP contribution in [0.4, 0.5) is 5.82 Å². The molecule has 0 aliphatic heterocycles. The Balaban J connectivity index is 2.94. The zero-order valence-corrected chi connectivity index (χ0v) is 7.77. The summed E-state index contributed by atoms with van der Waals surface area (Å²) in [4.78, 5) is 16.4. The minimum atomic E-state index is -0.970. The lowest BCUT2D eigenvalue weighted by Gasteiger charge is -2.14. The number of hydrogen-bond donors (Lipinski definition) is 1. The summed E-state index contributed by atoms with van der Waals surface area (Å²) in [5, 5.41) is 8.73. The minimum absolute atomic E-state index is 0.207. The number of carboxylic acids is 1. The van der Waals surface area contributed by atoms with Crippen LogP contribution in [0.2, 0.25) is 0 Å². The van der Waals surface area contributed by atoms with Gasteiger partial charge in [-0.2, -0.15) is 0 Å². The molecule has 1 heterocycles. The Morgan fingerprint density at radius 3 is 3.07 bits per heavy atom. The minimum Gasteiger partial charge on any atom is -0.478 e. The number of nitrogens with zero attached hydrogens (tertiary/aromatic N) is 2. The van der Waals surface area contributed by atoms with E-state index in [2.05, 4.69) is 10.9 Å². The lowest BCUT2D eigenvalue weighted by Crippen LogP contribution is -2.18. The fraction of sp³-hybridized carbons (Fsp3) is 0.200. The molecule has 0 aliphatic rings. The van der Waals surface area contributed by atoms with E-state index in [9.17, 15) is 4.79 Å². The Morgan fingerprint density at radius 2 is 2.50 bits per heavy atom. The number of pyridine rings is 1. The number of rotatable bonds is 3. The van der Waals surface area contributed by atoms with Crippen molar-refractivity contribution in [2.24, 2.45) is 0 Å². The van der Waals surface area contributed by atoms with Gasteiger partial charge in [0.1, 0.15) is 5.82 Å². The van der Waals surface area contributed by atoms with Gasteiger partial charge in [-0.15, -0.1) is 6.42 Å². The molecule has 0 bridgehead atoms. The van der Waals surface area contributed by atoms with Crippen LogP contribution in [0.5, 0.6) is 0 Å². The number of aromatic carboxylic acids is 1. The predicted molar refractivity (Wildman–Crippen MR) is 53.3 cm³/mol. The summed E-state index contributed by atoms with van der Waals surface area (Å²) in [7, 11) is 1.76. The molecule has 1 aromatic heterocycles. The van der Waals surface area contributed by atoms with Gasteiger partial charge in [-0.05, 0) is 12.1 Å². The maximum absolute atomic E-state index is 10.6. The molecule has 1 N–H and O–H groups in total. The van der Waals surface area contributed by atoms with Crippen molar-refractivity contribution in [3.63, 3.8) is 0 Å².